The standard InChI is InChI=1S/C15H21BrF3N3O/c1-9-12(16)13(15(17,18)19)21-22(9)10(2)14(23)20-11-7-5-3-4-6-8-11/h10-11H,3-8H2,1-2H3,(H,20,23). The summed E-state index contributed by atoms with van der Waals surface area (Å²) in [7, 11) is 0. The third-order valence-corrected chi connectivity index (χ3v) is 5.24. The number of halogens is 4. The summed E-state index contributed by atoms with van der Waals surface area (Å²) in [5.41, 5.74) is -0.704. The summed E-state index contributed by atoms with van der Waals surface area (Å²) in [5.74, 6) is -0.288. The minimum absolute atomic E-state index is 0.105. The quantitative estimate of drug-likeness (QED) is 0.772. The highest BCUT2D eigenvalue weighted by Crippen LogP contribution is 2.36. The summed E-state index contributed by atoms with van der Waals surface area (Å²) in [5, 5.41) is 6.55. The monoisotopic (exact) mass is 395 g/mol. The zero-order chi connectivity index (χ0) is 17.2. The molecule has 1 aromatic heterocycles. The molecule has 8 heteroatoms. The second kappa shape index (κ2) is 7.23. The lowest BCUT2D eigenvalue weighted by atomic mass is 10.1. The van der Waals surface area contributed by atoms with Gasteiger partial charge >= 0.3 is 6.18 Å². The normalized spacial score (nSPS) is 18.5. The Balaban J connectivity index is 2.13. The van der Waals surface area contributed by atoms with E-state index in [0.29, 0.717) is 5.69 Å². The summed E-state index contributed by atoms with van der Waals surface area (Å²) in [4.78, 5) is 12.4. The number of hydrogen-bond acceptors (Lipinski definition) is 2. The first-order valence-corrected chi connectivity index (χ1v) is 8.63. The summed E-state index contributed by atoms with van der Waals surface area (Å²) in [6.07, 6.45) is 1.78. The lowest BCUT2D eigenvalue weighted by molar-refractivity contribution is -0.142. The Morgan fingerprint density at radius 2 is 1.87 bits per heavy atom. The maximum atomic E-state index is 12.9. The SMILES string of the molecule is Cc1c(Br)c(C(F)(F)F)nn1C(C)C(=O)NC1CCCCCC1. The zero-order valence-corrected chi connectivity index (χ0v) is 14.8. The Bertz CT molecular complexity index is 563. The third kappa shape index (κ3) is 4.28. The van der Waals surface area contributed by atoms with Gasteiger partial charge in [-0.1, -0.05) is 25.7 Å². The Morgan fingerprint density at radius 1 is 1.30 bits per heavy atom. The van der Waals surface area contributed by atoms with E-state index in [1.165, 1.54) is 19.8 Å². The lowest BCUT2D eigenvalue weighted by Crippen LogP contribution is -2.39. The van der Waals surface area contributed by atoms with Crippen LogP contribution in [0.1, 0.15) is 62.9 Å². The highest BCUT2D eigenvalue weighted by Gasteiger charge is 2.39. The molecule has 4 nitrogen and oxygen atoms in total. The van der Waals surface area contributed by atoms with Crippen LogP contribution >= 0.6 is 15.9 Å². The highest BCUT2D eigenvalue weighted by molar-refractivity contribution is 9.10. The van der Waals surface area contributed by atoms with Gasteiger partial charge in [-0.15, -0.1) is 0 Å². The van der Waals surface area contributed by atoms with Gasteiger partial charge in [0.2, 0.25) is 5.91 Å². The molecule has 2 rings (SSSR count). The molecule has 0 aliphatic heterocycles. The van der Waals surface area contributed by atoms with Crippen molar-refractivity contribution >= 4 is 21.8 Å². The lowest BCUT2D eigenvalue weighted by Gasteiger charge is -2.20. The van der Waals surface area contributed by atoms with E-state index in [4.69, 9.17) is 0 Å². The molecular weight excluding hydrogens is 375 g/mol. The summed E-state index contributed by atoms with van der Waals surface area (Å²) < 4.78 is 39.8. The topological polar surface area (TPSA) is 46.9 Å². The van der Waals surface area contributed by atoms with Crippen LogP contribution in [0.4, 0.5) is 13.2 Å². The van der Waals surface area contributed by atoms with Gasteiger partial charge in [0.05, 0.1) is 10.2 Å². The molecule has 0 bridgehead atoms. The minimum atomic E-state index is -4.55. The number of carbonyl (C=O) groups excluding carboxylic acids is 1. The van der Waals surface area contributed by atoms with Crippen LogP contribution in [0.2, 0.25) is 0 Å². The largest absolute Gasteiger partial charge is 0.436 e. The first kappa shape index (κ1) is 18.3. The van der Waals surface area contributed by atoms with Gasteiger partial charge in [0, 0.05) is 6.04 Å². The average Bonchev–Trinajstić information content (AvgIpc) is 2.67. The van der Waals surface area contributed by atoms with Crippen molar-refractivity contribution in [1.29, 1.82) is 0 Å². The molecule has 0 aromatic carbocycles. The smallest absolute Gasteiger partial charge is 0.352 e. The maximum absolute atomic E-state index is 12.9. The van der Waals surface area contributed by atoms with E-state index in [-0.39, 0.29) is 16.4 Å². The molecule has 1 aliphatic carbocycles. The van der Waals surface area contributed by atoms with E-state index >= 15 is 0 Å². The molecule has 1 heterocycles. The molecule has 1 saturated carbocycles. The van der Waals surface area contributed by atoms with Crippen molar-refractivity contribution in [1.82, 2.24) is 15.1 Å². The van der Waals surface area contributed by atoms with Gasteiger partial charge in [-0.25, -0.2) is 0 Å². The van der Waals surface area contributed by atoms with Gasteiger partial charge in [-0.3, -0.25) is 9.48 Å². The Kier molecular flexibility index (Phi) is 5.75. The van der Waals surface area contributed by atoms with Crippen LogP contribution in [0.3, 0.4) is 0 Å². The van der Waals surface area contributed by atoms with Crippen molar-refractivity contribution in [2.45, 2.75) is 70.6 Å². The van der Waals surface area contributed by atoms with Crippen LogP contribution < -0.4 is 5.32 Å². The average molecular weight is 396 g/mol. The van der Waals surface area contributed by atoms with Crippen LogP contribution in [-0.4, -0.2) is 21.7 Å². The van der Waals surface area contributed by atoms with E-state index in [1.807, 2.05) is 0 Å². The van der Waals surface area contributed by atoms with Crippen molar-refractivity contribution < 1.29 is 18.0 Å². The summed E-state index contributed by atoms with van der Waals surface area (Å²) in [6.45, 7) is 3.08. The van der Waals surface area contributed by atoms with Gasteiger partial charge in [-0.05, 0) is 42.6 Å². The van der Waals surface area contributed by atoms with Crippen molar-refractivity contribution in [3.8, 4) is 0 Å². The van der Waals surface area contributed by atoms with Gasteiger partial charge in [0.1, 0.15) is 6.04 Å². The minimum Gasteiger partial charge on any atom is -0.352 e. The Hall–Kier alpha value is -1.05. The predicted octanol–water partition coefficient (Wildman–Crippen LogP) is 4.37. The molecule has 1 aromatic rings. The van der Waals surface area contributed by atoms with Gasteiger partial charge in [0.15, 0.2) is 5.69 Å². The molecule has 0 saturated heterocycles. The molecule has 1 N–H and O–H groups in total. The van der Waals surface area contributed by atoms with Gasteiger partial charge in [-0.2, -0.15) is 18.3 Å². The predicted molar refractivity (Wildman–Crippen MR) is 84.0 cm³/mol. The maximum Gasteiger partial charge on any atom is 0.436 e. The first-order chi connectivity index (χ1) is 10.7. The van der Waals surface area contributed by atoms with Crippen LogP contribution in [-0.2, 0) is 11.0 Å². The molecule has 1 fully saturated rings. The number of carbonyl (C=O) groups is 1. The number of aromatic nitrogens is 2. The Morgan fingerprint density at radius 3 is 2.35 bits per heavy atom. The van der Waals surface area contributed by atoms with Gasteiger partial charge in [0.25, 0.3) is 0 Å². The number of hydrogen-bond donors (Lipinski definition) is 1. The second-order valence-corrected chi connectivity index (χ2v) is 6.86. The van der Waals surface area contributed by atoms with E-state index in [0.717, 1.165) is 30.4 Å². The van der Waals surface area contributed by atoms with Crippen molar-refractivity contribution in [3.05, 3.63) is 15.9 Å². The zero-order valence-electron chi connectivity index (χ0n) is 13.2. The van der Waals surface area contributed by atoms with Gasteiger partial charge < -0.3 is 5.32 Å². The highest BCUT2D eigenvalue weighted by atomic mass is 79.9. The molecule has 1 aliphatic rings. The van der Waals surface area contributed by atoms with Crippen LogP contribution in [0.5, 0.6) is 0 Å². The van der Waals surface area contributed by atoms with E-state index in [9.17, 15) is 18.0 Å². The molecule has 1 unspecified atom stereocenters. The van der Waals surface area contributed by atoms with E-state index in [1.54, 1.807) is 6.92 Å². The number of amides is 1. The van der Waals surface area contributed by atoms with Crippen LogP contribution in [0.15, 0.2) is 4.47 Å². The van der Waals surface area contributed by atoms with Crippen molar-refractivity contribution in [2.75, 3.05) is 0 Å². The molecule has 0 spiro atoms. The fraction of sp³-hybridized carbons (Fsp3) is 0.733. The van der Waals surface area contributed by atoms with Crippen LogP contribution in [0, 0.1) is 6.92 Å². The van der Waals surface area contributed by atoms with E-state index < -0.39 is 17.9 Å². The molecule has 1 atom stereocenters. The Labute approximate surface area is 141 Å². The summed E-state index contributed by atoms with van der Waals surface area (Å²) in [6, 6.07) is -0.681. The third-order valence-electron chi connectivity index (χ3n) is 4.29. The number of nitrogens with zero attached hydrogens (tertiary/aromatic N) is 2. The summed E-state index contributed by atoms with van der Waals surface area (Å²) >= 11 is 2.93. The van der Waals surface area contributed by atoms with E-state index in [2.05, 4.69) is 26.3 Å². The number of rotatable bonds is 3. The number of nitrogens with one attached hydrogen (secondary N) is 1. The fourth-order valence-electron chi connectivity index (χ4n) is 2.91. The van der Waals surface area contributed by atoms with Crippen molar-refractivity contribution in [2.24, 2.45) is 0 Å². The fourth-order valence-corrected chi connectivity index (χ4v) is 3.40. The van der Waals surface area contributed by atoms with Crippen molar-refractivity contribution in [3.63, 3.8) is 0 Å². The van der Waals surface area contributed by atoms with Crippen LogP contribution in [0.25, 0.3) is 0 Å². The molecule has 23 heavy (non-hydrogen) atoms. The molecule has 130 valence electrons. The second-order valence-electron chi connectivity index (χ2n) is 6.06. The molecule has 0 radical (unpaired) electrons. The first-order valence-electron chi connectivity index (χ1n) is 7.84. The molecular formula is C15H21BrF3N3O. The number of alkyl halides is 3. The molecule has 1 amide bonds.